The summed E-state index contributed by atoms with van der Waals surface area (Å²) in [6, 6.07) is 9.05. The Morgan fingerprint density at radius 1 is 1.23 bits per heavy atom. The van der Waals surface area contributed by atoms with Crippen LogP contribution in [-0.2, 0) is 11.0 Å². The van der Waals surface area contributed by atoms with Crippen LogP contribution in [0.2, 0.25) is 5.02 Å². The Morgan fingerprint density at radius 3 is 2.74 bits per heavy atom. The van der Waals surface area contributed by atoms with Gasteiger partial charge in [0.1, 0.15) is 0 Å². The van der Waals surface area contributed by atoms with Crippen molar-refractivity contribution in [3.05, 3.63) is 70.5 Å². The summed E-state index contributed by atoms with van der Waals surface area (Å²) in [5.41, 5.74) is 2.98. The average Bonchev–Trinajstić information content (AvgIpc) is 3.53. The number of imidazole rings is 1. The van der Waals surface area contributed by atoms with Gasteiger partial charge in [0.05, 0.1) is 35.0 Å². The molecule has 3 heterocycles. The number of carbonyl (C=O) groups excluding carboxylic acids is 1. The first kappa shape index (κ1) is 23.9. The molecule has 0 bridgehead atoms. The van der Waals surface area contributed by atoms with Crippen molar-refractivity contribution in [2.45, 2.75) is 44.4 Å². The fourth-order valence-electron chi connectivity index (χ4n) is 5.07. The van der Waals surface area contributed by atoms with Crippen molar-refractivity contribution in [3.63, 3.8) is 0 Å². The maximum atomic E-state index is 13.7. The molecule has 0 saturated carbocycles. The summed E-state index contributed by atoms with van der Waals surface area (Å²) >= 11 is 5.87. The van der Waals surface area contributed by atoms with Gasteiger partial charge in [-0.1, -0.05) is 29.8 Å². The molecule has 5 nitrogen and oxygen atoms in total. The molecule has 9 heteroatoms. The Kier molecular flexibility index (Phi) is 6.36. The van der Waals surface area contributed by atoms with E-state index in [4.69, 9.17) is 11.6 Å². The van der Waals surface area contributed by atoms with Crippen molar-refractivity contribution in [2.24, 2.45) is 0 Å². The molecule has 184 valence electrons. The molecule has 2 aliphatic rings. The molecule has 1 N–H and O–H groups in total. The first-order chi connectivity index (χ1) is 16.7. The third-order valence-electron chi connectivity index (χ3n) is 7.01. The van der Waals surface area contributed by atoms with E-state index in [9.17, 15) is 18.0 Å². The standard InChI is InChI=1S/C26H26ClF3N4O/c1-16(20-6-5-19(27)14-21(20)26(28,29)30)34-15-32-22-7-4-18(13-24(22)34)17-8-11-33(12-9-17)25(35)23-3-2-10-31-23/h4-8,13-16,23,31H,2-3,9-12H2,1H3. The molecule has 5 rings (SSSR count). The van der Waals surface area contributed by atoms with E-state index in [1.54, 1.807) is 17.8 Å². The third-order valence-corrected chi connectivity index (χ3v) is 7.25. The summed E-state index contributed by atoms with van der Waals surface area (Å²) in [7, 11) is 0. The van der Waals surface area contributed by atoms with E-state index in [0.29, 0.717) is 18.6 Å². The number of carbonyl (C=O) groups is 1. The maximum absolute atomic E-state index is 13.7. The number of alkyl halides is 3. The number of hydrogen-bond acceptors (Lipinski definition) is 3. The van der Waals surface area contributed by atoms with Crippen LogP contribution in [0.15, 0.2) is 48.8 Å². The van der Waals surface area contributed by atoms with Crippen LogP contribution in [0.4, 0.5) is 13.2 Å². The first-order valence-corrected chi connectivity index (χ1v) is 12.1. The van der Waals surface area contributed by atoms with Gasteiger partial charge in [-0.2, -0.15) is 13.2 Å². The molecule has 1 aromatic heterocycles. The van der Waals surface area contributed by atoms with Crippen LogP contribution in [0.25, 0.3) is 16.6 Å². The Labute approximate surface area is 206 Å². The van der Waals surface area contributed by atoms with Gasteiger partial charge in [0, 0.05) is 18.1 Å². The van der Waals surface area contributed by atoms with Gasteiger partial charge in [0.15, 0.2) is 0 Å². The van der Waals surface area contributed by atoms with E-state index >= 15 is 0 Å². The molecular weight excluding hydrogens is 477 g/mol. The second-order valence-electron chi connectivity index (χ2n) is 9.17. The smallest absolute Gasteiger partial charge is 0.337 e. The van der Waals surface area contributed by atoms with Crippen molar-refractivity contribution >= 4 is 34.1 Å². The molecule has 2 unspecified atom stereocenters. The van der Waals surface area contributed by atoms with E-state index in [-0.39, 0.29) is 22.5 Å². The van der Waals surface area contributed by atoms with Crippen molar-refractivity contribution < 1.29 is 18.0 Å². The van der Waals surface area contributed by atoms with Gasteiger partial charge in [-0.25, -0.2) is 4.98 Å². The Bertz CT molecular complexity index is 1290. The minimum atomic E-state index is -4.51. The molecule has 1 saturated heterocycles. The topological polar surface area (TPSA) is 50.2 Å². The molecule has 1 fully saturated rings. The molecule has 0 radical (unpaired) electrons. The summed E-state index contributed by atoms with van der Waals surface area (Å²) in [4.78, 5) is 19.0. The predicted molar refractivity (Wildman–Crippen MR) is 130 cm³/mol. The van der Waals surface area contributed by atoms with Gasteiger partial charge in [-0.05, 0) is 73.7 Å². The fourth-order valence-corrected chi connectivity index (χ4v) is 5.24. The zero-order valence-electron chi connectivity index (χ0n) is 19.3. The lowest BCUT2D eigenvalue weighted by Crippen LogP contribution is -2.45. The van der Waals surface area contributed by atoms with Crippen LogP contribution in [0.3, 0.4) is 0 Å². The van der Waals surface area contributed by atoms with Crippen LogP contribution in [0.5, 0.6) is 0 Å². The van der Waals surface area contributed by atoms with Crippen LogP contribution < -0.4 is 5.32 Å². The van der Waals surface area contributed by atoms with Gasteiger partial charge >= 0.3 is 6.18 Å². The molecule has 35 heavy (non-hydrogen) atoms. The number of rotatable bonds is 4. The zero-order valence-corrected chi connectivity index (χ0v) is 20.0. The van der Waals surface area contributed by atoms with Crippen molar-refractivity contribution in [1.82, 2.24) is 19.8 Å². The number of aromatic nitrogens is 2. The molecular formula is C26H26ClF3N4O. The fraction of sp³-hybridized carbons (Fsp3) is 0.385. The molecule has 3 aromatic rings. The van der Waals surface area contributed by atoms with E-state index in [1.807, 2.05) is 23.1 Å². The normalized spacial score (nSPS) is 19.7. The van der Waals surface area contributed by atoms with E-state index in [1.165, 1.54) is 12.1 Å². The molecule has 0 spiro atoms. The number of halogens is 4. The van der Waals surface area contributed by atoms with E-state index in [0.717, 1.165) is 48.5 Å². The highest BCUT2D eigenvalue weighted by molar-refractivity contribution is 6.30. The van der Waals surface area contributed by atoms with Gasteiger partial charge in [0.25, 0.3) is 0 Å². The third kappa shape index (κ3) is 4.69. The zero-order chi connectivity index (χ0) is 24.7. The van der Waals surface area contributed by atoms with E-state index < -0.39 is 17.8 Å². The number of benzene rings is 2. The lowest BCUT2D eigenvalue weighted by atomic mass is 9.98. The van der Waals surface area contributed by atoms with Gasteiger partial charge < -0.3 is 14.8 Å². The molecule has 2 atom stereocenters. The molecule has 1 amide bonds. The first-order valence-electron chi connectivity index (χ1n) is 11.8. The van der Waals surface area contributed by atoms with Gasteiger partial charge in [-0.3, -0.25) is 4.79 Å². The monoisotopic (exact) mass is 502 g/mol. The number of nitrogens with zero attached hydrogens (tertiary/aromatic N) is 3. The lowest BCUT2D eigenvalue weighted by Gasteiger charge is -2.29. The van der Waals surface area contributed by atoms with Crippen LogP contribution in [-0.4, -0.2) is 46.0 Å². The summed E-state index contributed by atoms with van der Waals surface area (Å²) in [6.07, 6.45) is 1.77. The van der Waals surface area contributed by atoms with Crippen LogP contribution >= 0.6 is 11.6 Å². The maximum Gasteiger partial charge on any atom is 0.416 e. The highest BCUT2D eigenvalue weighted by Gasteiger charge is 2.35. The summed E-state index contributed by atoms with van der Waals surface area (Å²) in [6.45, 7) is 3.82. The molecule has 0 aliphatic carbocycles. The van der Waals surface area contributed by atoms with Crippen LogP contribution in [0, 0.1) is 0 Å². The minimum Gasteiger partial charge on any atom is -0.337 e. The predicted octanol–water partition coefficient (Wildman–Crippen LogP) is 5.69. The van der Waals surface area contributed by atoms with E-state index in [2.05, 4.69) is 16.4 Å². The van der Waals surface area contributed by atoms with Crippen LogP contribution in [0.1, 0.15) is 48.9 Å². The molecule has 2 aliphatic heterocycles. The Balaban J connectivity index is 1.43. The highest BCUT2D eigenvalue weighted by Crippen LogP contribution is 2.38. The minimum absolute atomic E-state index is 0.0477. The summed E-state index contributed by atoms with van der Waals surface area (Å²) < 4.78 is 42.9. The SMILES string of the molecule is CC(c1ccc(Cl)cc1C(F)(F)F)n1cnc2ccc(C3=CCN(C(=O)C4CCCN4)CC3)cc21. The molecule has 2 aromatic carbocycles. The van der Waals surface area contributed by atoms with Gasteiger partial charge in [-0.15, -0.1) is 0 Å². The number of fused-ring (bicyclic) bond motifs is 1. The average molecular weight is 503 g/mol. The van der Waals surface area contributed by atoms with Gasteiger partial charge in [0.2, 0.25) is 5.91 Å². The van der Waals surface area contributed by atoms with Crippen molar-refractivity contribution in [3.8, 4) is 0 Å². The second-order valence-corrected chi connectivity index (χ2v) is 9.61. The number of nitrogens with one attached hydrogen (secondary N) is 1. The van der Waals surface area contributed by atoms with Crippen molar-refractivity contribution in [1.29, 1.82) is 0 Å². The largest absolute Gasteiger partial charge is 0.416 e. The lowest BCUT2D eigenvalue weighted by molar-refractivity contribution is -0.138. The summed E-state index contributed by atoms with van der Waals surface area (Å²) in [5.74, 6) is 0.156. The quantitative estimate of drug-likeness (QED) is 0.499. The number of amides is 1. The highest BCUT2D eigenvalue weighted by atomic mass is 35.5. The summed E-state index contributed by atoms with van der Waals surface area (Å²) in [5, 5.41) is 3.31. The second kappa shape index (κ2) is 9.32. The Morgan fingerprint density at radius 2 is 2.06 bits per heavy atom. The van der Waals surface area contributed by atoms with Crippen molar-refractivity contribution in [2.75, 3.05) is 19.6 Å². The Hall–Kier alpha value is -2.84. The number of hydrogen-bond donors (Lipinski definition) is 1.